The molecule has 1 aliphatic rings. The van der Waals surface area contributed by atoms with Crippen LogP contribution in [0.4, 0.5) is 0 Å². The first-order chi connectivity index (χ1) is 12.0. The van der Waals surface area contributed by atoms with Gasteiger partial charge >= 0.3 is 5.97 Å². The normalized spacial score (nSPS) is 26.2. The lowest BCUT2D eigenvalue weighted by Gasteiger charge is -2.41. The van der Waals surface area contributed by atoms with E-state index in [4.69, 9.17) is 9.47 Å². The van der Waals surface area contributed by atoms with Crippen LogP contribution in [0.15, 0.2) is 54.6 Å². The van der Waals surface area contributed by atoms with Crippen molar-refractivity contribution < 1.29 is 19.4 Å². The predicted octanol–water partition coefficient (Wildman–Crippen LogP) is 3.67. The summed E-state index contributed by atoms with van der Waals surface area (Å²) < 4.78 is 11.2. The fourth-order valence-corrected chi connectivity index (χ4v) is 3.48. The van der Waals surface area contributed by atoms with E-state index in [9.17, 15) is 9.90 Å². The van der Waals surface area contributed by atoms with Gasteiger partial charge in [0.05, 0.1) is 18.3 Å². The van der Waals surface area contributed by atoms with Crippen molar-refractivity contribution in [3.05, 3.63) is 71.3 Å². The Hall–Kier alpha value is -2.17. The second kappa shape index (κ2) is 7.38. The topological polar surface area (TPSA) is 55.8 Å². The number of aryl methyl sites for hydroxylation is 1. The zero-order valence-corrected chi connectivity index (χ0v) is 14.6. The van der Waals surface area contributed by atoms with Gasteiger partial charge in [-0.15, -0.1) is 0 Å². The van der Waals surface area contributed by atoms with Crippen molar-refractivity contribution in [3.8, 4) is 0 Å². The second-order valence-electron chi connectivity index (χ2n) is 6.53. The van der Waals surface area contributed by atoms with E-state index in [0.717, 1.165) is 16.7 Å². The Bertz CT molecular complexity index is 728. The van der Waals surface area contributed by atoms with Crippen molar-refractivity contribution >= 4 is 5.97 Å². The van der Waals surface area contributed by atoms with Crippen molar-refractivity contribution in [1.82, 2.24) is 0 Å². The molecule has 0 unspecified atom stereocenters. The highest BCUT2D eigenvalue weighted by molar-refractivity contribution is 5.75. The molecule has 0 spiro atoms. The molecular weight excluding hydrogens is 316 g/mol. The molecule has 0 bridgehead atoms. The van der Waals surface area contributed by atoms with Gasteiger partial charge in [0.15, 0.2) is 6.10 Å². The predicted molar refractivity (Wildman–Crippen MR) is 95.0 cm³/mol. The molecule has 25 heavy (non-hydrogen) atoms. The molecule has 1 aliphatic heterocycles. The van der Waals surface area contributed by atoms with Crippen LogP contribution < -0.4 is 0 Å². The Labute approximate surface area is 148 Å². The molecule has 4 nitrogen and oxygen atoms in total. The third-order valence-electron chi connectivity index (χ3n) is 4.77. The summed E-state index contributed by atoms with van der Waals surface area (Å²) in [6.07, 6.45) is -0.561. The molecule has 1 saturated heterocycles. The van der Waals surface area contributed by atoms with E-state index >= 15 is 0 Å². The summed E-state index contributed by atoms with van der Waals surface area (Å²) in [4.78, 5) is 12.3. The van der Waals surface area contributed by atoms with Crippen LogP contribution in [-0.4, -0.2) is 23.8 Å². The minimum atomic E-state index is -1.14. The van der Waals surface area contributed by atoms with Crippen LogP contribution in [0.5, 0.6) is 0 Å². The Morgan fingerprint density at radius 2 is 1.84 bits per heavy atom. The number of rotatable bonds is 4. The SMILES string of the molecule is CCOC(=O)[C@@H]1C[C@](O)(c2ccccc2)C[C@H](c2ccccc2C)O1. The Morgan fingerprint density at radius 3 is 2.52 bits per heavy atom. The molecule has 0 aromatic heterocycles. The van der Waals surface area contributed by atoms with E-state index in [2.05, 4.69) is 0 Å². The Kier molecular flexibility index (Phi) is 5.21. The summed E-state index contributed by atoms with van der Waals surface area (Å²) >= 11 is 0. The largest absolute Gasteiger partial charge is 0.464 e. The van der Waals surface area contributed by atoms with E-state index < -0.39 is 17.7 Å². The first-order valence-corrected chi connectivity index (χ1v) is 8.69. The first-order valence-electron chi connectivity index (χ1n) is 8.69. The van der Waals surface area contributed by atoms with Crippen molar-refractivity contribution in [2.75, 3.05) is 6.61 Å². The summed E-state index contributed by atoms with van der Waals surface area (Å²) in [6.45, 7) is 4.06. The van der Waals surface area contributed by atoms with Gasteiger partial charge in [0.25, 0.3) is 0 Å². The lowest BCUT2D eigenvalue weighted by atomic mass is 9.79. The average molecular weight is 340 g/mol. The van der Waals surface area contributed by atoms with E-state index in [-0.39, 0.29) is 19.1 Å². The van der Waals surface area contributed by atoms with Crippen molar-refractivity contribution in [2.45, 2.75) is 44.5 Å². The lowest BCUT2D eigenvalue weighted by molar-refractivity contribution is -0.187. The third kappa shape index (κ3) is 3.75. The number of aliphatic hydroxyl groups is 1. The summed E-state index contributed by atoms with van der Waals surface area (Å²) in [5.74, 6) is -0.421. The summed E-state index contributed by atoms with van der Waals surface area (Å²) in [5, 5.41) is 11.4. The summed E-state index contributed by atoms with van der Waals surface area (Å²) in [6, 6.07) is 17.4. The number of hydrogen-bond donors (Lipinski definition) is 1. The standard InChI is InChI=1S/C21H24O4/c1-3-24-20(22)19-14-21(23,16-10-5-4-6-11-16)13-18(25-19)17-12-8-7-9-15(17)2/h4-12,18-19,23H,3,13-14H2,1-2H3/t18-,19+,21+/m1/s1. The molecular formula is C21H24O4. The second-order valence-corrected chi connectivity index (χ2v) is 6.53. The van der Waals surface area contributed by atoms with Gasteiger partial charge in [-0.1, -0.05) is 54.6 Å². The molecule has 0 saturated carbocycles. The zero-order valence-electron chi connectivity index (χ0n) is 14.6. The number of esters is 1. The molecule has 1 heterocycles. The van der Waals surface area contributed by atoms with Crippen LogP contribution in [0, 0.1) is 6.92 Å². The molecule has 1 N–H and O–H groups in total. The molecule has 0 aliphatic carbocycles. The highest BCUT2D eigenvalue weighted by atomic mass is 16.6. The quantitative estimate of drug-likeness (QED) is 0.863. The molecule has 132 valence electrons. The van der Waals surface area contributed by atoms with Crippen LogP contribution in [0.2, 0.25) is 0 Å². The fourth-order valence-electron chi connectivity index (χ4n) is 3.48. The Balaban J connectivity index is 1.97. The van der Waals surface area contributed by atoms with Crippen LogP contribution in [0.1, 0.15) is 42.6 Å². The van der Waals surface area contributed by atoms with Crippen molar-refractivity contribution in [1.29, 1.82) is 0 Å². The van der Waals surface area contributed by atoms with E-state index in [1.54, 1.807) is 6.92 Å². The van der Waals surface area contributed by atoms with Crippen molar-refractivity contribution in [3.63, 3.8) is 0 Å². The number of hydrogen-bond acceptors (Lipinski definition) is 4. The Morgan fingerprint density at radius 1 is 1.16 bits per heavy atom. The van der Waals surface area contributed by atoms with Gasteiger partial charge in [-0.3, -0.25) is 0 Å². The molecule has 2 aromatic rings. The molecule has 3 rings (SSSR count). The zero-order chi connectivity index (χ0) is 17.9. The molecule has 0 radical (unpaired) electrons. The van der Waals surface area contributed by atoms with Gasteiger partial charge in [0.2, 0.25) is 0 Å². The van der Waals surface area contributed by atoms with E-state index in [0.29, 0.717) is 6.42 Å². The van der Waals surface area contributed by atoms with Crippen LogP contribution >= 0.6 is 0 Å². The molecule has 4 heteroatoms. The van der Waals surface area contributed by atoms with Gasteiger partial charge < -0.3 is 14.6 Å². The van der Waals surface area contributed by atoms with Crippen LogP contribution in [0.25, 0.3) is 0 Å². The average Bonchev–Trinajstić information content (AvgIpc) is 2.62. The fraction of sp³-hybridized carbons (Fsp3) is 0.381. The molecule has 0 amide bonds. The number of carbonyl (C=O) groups is 1. The van der Waals surface area contributed by atoms with Gasteiger partial charge in [0, 0.05) is 12.8 Å². The summed E-state index contributed by atoms with van der Waals surface area (Å²) in [7, 11) is 0. The third-order valence-corrected chi connectivity index (χ3v) is 4.77. The maximum absolute atomic E-state index is 12.3. The minimum Gasteiger partial charge on any atom is -0.464 e. The van der Waals surface area contributed by atoms with Crippen molar-refractivity contribution in [2.24, 2.45) is 0 Å². The lowest BCUT2D eigenvalue weighted by Crippen LogP contribution is -2.44. The van der Waals surface area contributed by atoms with Gasteiger partial charge in [-0.2, -0.15) is 0 Å². The van der Waals surface area contributed by atoms with Gasteiger partial charge in [0.1, 0.15) is 0 Å². The van der Waals surface area contributed by atoms with Crippen LogP contribution in [-0.2, 0) is 19.9 Å². The van der Waals surface area contributed by atoms with E-state index in [1.807, 2.05) is 61.5 Å². The number of benzene rings is 2. The monoisotopic (exact) mass is 340 g/mol. The summed E-state index contributed by atoms with van der Waals surface area (Å²) in [5.41, 5.74) is 1.73. The maximum atomic E-state index is 12.3. The number of ether oxygens (including phenoxy) is 2. The highest BCUT2D eigenvalue weighted by Gasteiger charge is 2.45. The maximum Gasteiger partial charge on any atom is 0.335 e. The number of carbonyl (C=O) groups excluding carboxylic acids is 1. The van der Waals surface area contributed by atoms with Gasteiger partial charge in [-0.25, -0.2) is 4.79 Å². The molecule has 1 fully saturated rings. The van der Waals surface area contributed by atoms with Gasteiger partial charge in [-0.05, 0) is 30.5 Å². The highest BCUT2D eigenvalue weighted by Crippen LogP contribution is 2.44. The van der Waals surface area contributed by atoms with E-state index in [1.165, 1.54) is 0 Å². The smallest absolute Gasteiger partial charge is 0.335 e. The first kappa shape index (κ1) is 17.6. The molecule has 3 atom stereocenters. The minimum absolute atomic E-state index is 0.193. The van der Waals surface area contributed by atoms with Crippen LogP contribution in [0.3, 0.4) is 0 Å². The molecule has 2 aromatic carbocycles.